The van der Waals surface area contributed by atoms with Gasteiger partial charge in [-0.2, -0.15) is 0 Å². The lowest BCUT2D eigenvalue weighted by atomic mass is 9.93. The third-order valence-electron chi connectivity index (χ3n) is 7.57. The highest BCUT2D eigenvalue weighted by Gasteiger charge is 2.31. The summed E-state index contributed by atoms with van der Waals surface area (Å²) >= 11 is 1.76. The highest BCUT2D eigenvalue weighted by molar-refractivity contribution is 7.10. The maximum absolute atomic E-state index is 14.0. The van der Waals surface area contributed by atoms with Crippen LogP contribution in [0.2, 0.25) is 0 Å². The first-order valence-corrected chi connectivity index (χ1v) is 14.6. The van der Waals surface area contributed by atoms with E-state index < -0.39 is 0 Å². The molecule has 0 spiro atoms. The van der Waals surface area contributed by atoms with Crippen LogP contribution in [0, 0.1) is 5.82 Å². The fourth-order valence-electron chi connectivity index (χ4n) is 5.49. The number of hydrogen-bond acceptors (Lipinski definition) is 4. The van der Waals surface area contributed by atoms with Crippen molar-refractivity contribution in [3.63, 3.8) is 0 Å². The molecule has 0 aliphatic carbocycles. The Labute approximate surface area is 219 Å². The number of carbonyl (C=O) groups is 2. The first-order chi connectivity index (χ1) is 17.6. The molecule has 1 atom stereocenters. The molecule has 2 aromatic rings. The predicted molar refractivity (Wildman–Crippen MR) is 144 cm³/mol. The number of rotatable bonds is 11. The summed E-state index contributed by atoms with van der Waals surface area (Å²) in [5.74, 6) is 0.150. The monoisotopic (exact) mass is 513 g/mol. The van der Waals surface area contributed by atoms with Crippen LogP contribution in [0.3, 0.4) is 0 Å². The number of carbonyl (C=O) groups excluding carboxylic acids is 2. The van der Waals surface area contributed by atoms with Crippen LogP contribution in [-0.2, 0) is 16.0 Å². The molecule has 2 aliphatic heterocycles. The Morgan fingerprint density at radius 3 is 2.33 bits per heavy atom. The van der Waals surface area contributed by atoms with Crippen molar-refractivity contribution in [3.05, 3.63) is 57.5 Å². The Bertz CT molecular complexity index is 1000. The molecule has 5 nitrogen and oxygen atoms in total. The van der Waals surface area contributed by atoms with Crippen LogP contribution in [-0.4, -0.2) is 65.8 Å². The lowest BCUT2D eigenvalue weighted by Gasteiger charge is -2.38. The average molecular weight is 514 g/mol. The van der Waals surface area contributed by atoms with Gasteiger partial charge in [-0.15, -0.1) is 11.3 Å². The molecule has 3 heterocycles. The number of thiophene rings is 1. The maximum Gasteiger partial charge on any atom is 0.223 e. The van der Waals surface area contributed by atoms with Crippen LogP contribution in [0.5, 0.6) is 0 Å². The van der Waals surface area contributed by atoms with Gasteiger partial charge in [-0.05, 0) is 47.5 Å². The smallest absolute Gasteiger partial charge is 0.223 e. The van der Waals surface area contributed by atoms with Gasteiger partial charge in [0, 0.05) is 57.0 Å². The summed E-state index contributed by atoms with van der Waals surface area (Å²) in [4.78, 5) is 33.1. The second-order valence-electron chi connectivity index (χ2n) is 10.1. The zero-order valence-electron chi connectivity index (χ0n) is 21.6. The molecular formula is C29H40FN3O2S. The second-order valence-corrected chi connectivity index (χ2v) is 11.1. The molecule has 196 valence electrons. The van der Waals surface area contributed by atoms with Crippen molar-refractivity contribution < 1.29 is 14.0 Å². The van der Waals surface area contributed by atoms with E-state index in [1.807, 2.05) is 15.9 Å². The van der Waals surface area contributed by atoms with Crippen LogP contribution in [0.4, 0.5) is 4.39 Å². The molecule has 0 bridgehead atoms. The van der Waals surface area contributed by atoms with Gasteiger partial charge in [-0.25, -0.2) is 4.39 Å². The van der Waals surface area contributed by atoms with Crippen LogP contribution in [0.1, 0.15) is 80.3 Å². The first-order valence-electron chi connectivity index (χ1n) is 13.7. The molecule has 7 heteroatoms. The summed E-state index contributed by atoms with van der Waals surface area (Å²) in [6.45, 7) is 6.22. The van der Waals surface area contributed by atoms with Crippen molar-refractivity contribution >= 4 is 23.2 Å². The van der Waals surface area contributed by atoms with Crippen LogP contribution in [0.15, 0.2) is 35.7 Å². The Morgan fingerprint density at radius 1 is 0.917 bits per heavy atom. The maximum atomic E-state index is 14.0. The molecule has 0 radical (unpaired) electrons. The third kappa shape index (κ3) is 6.94. The number of fused-ring (bicyclic) bond motifs is 1. The Kier molecular flexibility index (Phi) is 9.93. The summed E-state index contributed by atoms with van der Waals surface area (Å²) in [5.41, 5.74) is 2.18. The first kappa shape index (κ1) is 26.8. The molecule has 1 aromatic heterocycles. The van der Waals surface area contributed by atoms with Crippen molar-refractivity contribution in [2.45, 2.75) is 70.8 Å². The largest absolute Gasteiger partial charge is 0.339 e. The standard InChI is InChI=1S/C29H40FN3O2S/c1-2-3-4-5-6-7-11-27(34)31-17-19-32(20-18-31)28(35)13-16-33-15-12-26-25(14-21-36-26)29(33)23-9-8-10-24(30)22-23/h8-10,14,21-22,29H,2-7,11-13,15-20H2,1H3/t29-/m0/s1. The van der Waals surface area contributed by atoms with Gasteiger partial charge in [-0.1, -0.05) is 51.2 Å². The minimum absolute atomic E-state index is 0.0139. The van der Waals surface area contributed by atoms with E-state index in [0.29, 0.717) is 45.6 Å². The van der Waals surface area contributed by atoms with Gasteiger partial charge >= 0.3 is 0 Å². The molecule has 1 saturated heterocycles. The summed E-state index contributed by atoms with van der Waals surface area (Å²) in [6, 6.07) is 8.98. The van der Waals surface area contributed by atoms with Crippen molar-refractivity contribution in [2.75, 3.05) is 39.3 Å². The van der Waals surface area contributed by atoms with Crippen molar-refractivity contribution in [1.29, 1.82) is 0 Å². The van der Waals surface area contributed by atoms with Crippen LogP contribution >= 0.6 is 11.3 Å². The average Bonchev–Trinajstić information content (AvgIpc) is 3.38. The predicted octanol–water partition coefficient (Wildman–Crippen LogP) is 5.65. The SMILES string of the molecule is CCCCCCCCC(=O)N1CCN(C(=O)CCN2CCc3sccc3[C@@H]2c2cccc(F)c2)CC1. The number of piperazine rings is 1. The minimum Gasteiger partial charge on any atom is -0.339 e. The molecule has 4 rings (SSSR count). The molecule has 36 heavy (non-hydrogen) atoms. The van der Waals surface area contributed by atoms with Crippen molar-refractivity contribution in [3.8, 4) is 0 Å². The Morgan fingerprint density at radius 2 is 1.61 bits per heavy atom. The zero-order chi connectivity index (χ0) is 25.3. The van der Waals surface area contributed by atoms with Gasteiger partial charge in [0.15, 0.2) is 0 Å². The van der Waals surface area contributed by atoms with Crippen molar-refractivity contribution in [1.82, 2.24) is 14.7 Å². The van der Waals surface area contributed by atoms with Gasteiger partial charge < -0.3 is 9.80 Å². The number of halogens is 1. The molecule has 0 N–H and O–H groups in total. The van der Waals surface area contributed by atoms with Crippen molar-refractivity contribution in [2.24, 2.45) is 0 Å². The van der Waals surface area contributed by atoms with E-state index in [1.165, 1.54) is 42.2 Å². The molecule has 1 aromatic carbocycles. The van der Waals surface area contributed by atoms with E-state index in [2.05, 4.69) is 23.3 Å². The lowest BCUT2D eigenvalue weighted by Crippen LogP contribution is -2.51. The highest BCUT2D eigenvalue weighted by atomic mass is 32.1. The van der Waals surface area contributed by atoms with Crippen LogP contribution < -0.4 is 0 Å². The minimum atomic E-state index is -0.227. The van der Waals surface area contributed by atoms with E-state index in [-0.39, 0.29) is 23.7 Å². The van der Waals surface area contributed by atoms with E-state index >= 15 is 0 Å². The molecular weight excluding hydrogens is 473 g/mol. The van der Waals surface area contributed by atoms with Gasteiger partial charge in [0.25, 0.3) is 0 Å². The summed E-state index contributed by atoms with van der Waals surface area (Å²) in [6.07, 6.45) is 9.13. The number of nitrogens with zero attached hydrogens (tertiary/aromatic N) is 3. The van der Waals surface area contributed by atoms with E-state index in [1.54, 1.807) is 23.5 Å². The number of amides is 2. The topological polar surface area (TPSA) is 43.9 Å². The Hall–Kier alpha value is -2.25. The zero-order valence-corrected chi connectivity index (χ0v) is 22.4. The molecule has 2 aliphatic rings. The normalized spacial score (nSPS) is 18.3. The quantitative estimate of drug-likeness (QED) is 0.365. The fraction of sp³-hybridized carbons (Fsp3) is 0.586. The molecule has 1 fully saturated rings. The summed E-state index contributed by atoms with van der Waals surface area (Å²) in [5, 5.41) is 2.11. The Balaban J connectivity index is 1.24. The number of unbranched alkanes of at least 4 members (excludes halogenated alkanes) is 5. The third-order valence-corrected chi connectivity index (χ3v) is 8.57. The second kappa shape index (κ2) is 13.3. The molecule has 0 saturated carbocycles. The summed E-state index contributed by atoms with van der Waals surface area (Å²) in [7, 11) is 0. The summed E-state index contributed by atoms with van der Waals surface area (Å²) < 4.78 is 14.0. The number of hydrogen-bond donors (Lipinski definition) is 0. The lowest BCUT2D eigenvalue weighted by molar-refractivity contribution is -0.139. The fourth-order valence-corrected chi connectivity index (χ4v) is 6.40. The molecule has 2 amide bonds. The van der Waals surface area contributed by atoms with Gasteiger partial charge in [0.1, 0.15) is 5.82 Å². The van der Waals surface area contributed by atoms with E-state index in [0.717, 1.165) is 31.4 Å². The van der Waals surface area contributed by atoms with Gasteiger partial charge in [0.2, 0.25) is 11.8 Å². The van der Waals surface area contributed by atoms with Crippen LogP contribution in [0.25, 0.3) is 0 Å². The van der Waals surface area contributed by atoms with Gasteiger partial charge in [-0.3, -0.25) is 14.5 Å². The van der Waals surface area contributed by atoms with Gasteiger partial charge in [0.05, 0.1) is 6.04 Å². The van der Waals surface area contributed by atoms with E-state index in [4.69, 9.17) is 0 Å². The highest BCUT2D eigenvalue weighted by Crippen LogP contribution is 2.38. The number of benzene rings is 1. The van der Waals surface area contributed by atoms with E-state index in [9.17, 15) is 14.0 Å². The molecule has 0 unspecified atom stereocenters.